The van der Waals surface area contributed by atoms with Crippen molar-refractivity contribution in [2.75, 3.05) is 0 Å². The summed E-state index contributed by atoms with van der Waals surface area (Å²) in [6, 6.07) is 0. The summed E-state index contributed by atoms with van der Waals surface area (Å²) in [7, 11) is 0. The van der Waals surface area contributed by atoms with Gasteiger partial charge in [-0.05, 0) is 6.92 Å². The molecule has 0 radical (unpaired) electrons. The van der Waals surface area contributed by atoms with Crippen molar-refractivity contribution >= 4 is 5.97 Å². The molecule has 0 unspecified atom stereocenters. The van der Waals surface area contributed by atoms with E-state index in [1.54, 1.807) is 0 Å². The van der Waals surface area contributed by atoms with Crippen molar-refractivity contribution in [3.05, 3.63) is 11.1 Å². The molecular formula is C8H8O6. The van der Waals surface area contributed by atoms with E-state index < -0.39 is 34.5 Å². The zero-order valence-corrected chi connectivity index (χ0v) is 7.14. The fourth-order valence-electron chi connectivity index (χ4n) is 1.02. The monoisotopic (exact) mass is 200 g/mol. The lowest BCUT2D eigenvalue weighted by atomic mass is 10.1. The van der Waals surface area contributed by atoms with Gasteiger partial charge in [-0.15, -0.1) is 0 Å². The number of aromatic hydroxyl groups is 4. The lowest BCUT2D eigenvalue weighted by molar-refractivity contribution is 0.0689. The van der Waals surface area contributed by atoms with Gasteiger partial charge in [-0.2, -0.15) is 0 Å². The zero-order chi connectivity index (χ0) is 11.0. The van der Waals surface area contributed by atoms with Gasteiger partial charge < -0.3 is 25.5 Å². The van der Waals surface area contributed by atoms with E-state index in [0.29, 0.717) is 0 Å². The first kappa shape index (κ1) is 9.97. The second kappa shape index (κ2) is 2.99. The van der Waals surface area contributed by atoms with E-state index in [0.717, 1.165) is 0 Å². The molecule has 0 aliphatic rings. The summed E-state index contributed by atoms with van der Waals surface area (Å²) in [6.07, 6.45) is 0. The van der Waals surface area contributed by atoms with Crippen molar-refractivity contribution in [1.82, 2.24) is 0 Å². The van der Waals surface area contributed by atoms with Crippen LogP contribution in [0.2, 0.25) is 0 Å². The van der Waals surface area contributed by atoms with Gasteiger partial charge in [-0.3, -0.25) is 0 Å². The molecule has 5 N–H and O–H groups in total. The fraction of sp³-hybridized carbons (Fsp3) is 0.125. The van der Waals surface area contributed by atoms with Crippen LogP contribution in [0.3, 0.4) is 0 Å². The minimum absolute atomic E-state index is 0.210. The SMILES string of the molecule is Cc1c(O)c(O)c(O)c(C(=O)O)c1O. The van der Waals surface area contributed by atoms with Crippen LogP contribution >= 0.6 is 0 Å². The average molecular weight is 200 g/mol. The second-order valence-corrected chi connectivity index (χ2v) is 2.70. The van der Waals surface area contributed by atoms with E-state index in [2.05, 4.69) is 0 Å². The number of carboxylic acid groups (broad SMARTS) is 1. The van der Waals surface area contributed by atoms with Crippen LogP contribution in [0, 0.1) is 6.92 Å². The minimum Gasteiger partial charge on any atom is -0.506 e. The Hall–Kier alpha value is -2.11. The smallest absolute Gasteiger partial charge is 0.343 e. The highest BCUT2D eigenvalue weighted by Crippen LogP contribution is 2.45. The molecule has 76 valence electrons. The molecule has 0 amide bonds. The van der Waals surface area contributed by atoms with Gasteiger partial charge in [-0.25, -0.2) is 4.79 Å². The van der Waals surface area contributed by atoms with E-state index >= 15 is 0 Å². The average Bonchev–Trinajstić information content (AvgIpc) is 2.11. The van der Waals surface area contributed by atoms with Gasteiger partial charge >= 0.3 is 5.97 Å². The maximum Gasteiger partial charge on any atom is 0.343 e. The van der Waals surface area contributed by atoms with Gasteiger partial charge in [-0.1, -0.05) is 0 Å². The third-order valence-electron chi connectivity index (χ3n) is 1.85. The highest BCUT2D eigenvalue weighted by molar-refractivity contribution is 5.96. The maximum absolute atomic E-state index is 10.5. The molecule has 0 aliphatic carbocycles. The summed E-state index contributed by atoms with van der Waals surface area (Å²) in [5, 5.41) is 45.1. The zero-order valence-electron chi connectivity index (χ0n) is 7.14. The maximum atomic E-state index is 10.5. The number of carboxylic acids is 1. The fourth-order valence-corrected chi connectivity index (χ4v) is 1.02. The first-order valence-electron chi connectivity index (χ1n) is 3.57. The number of rotatable bonds is 1. The number of hydrogen-bond donors (Lipinski definition) is 5. The normalized spacial score (nSPS) is 10.1. The Bertz CT molecular complexity index is 380. The number of phenols is 4. The summed E-state index contributed by atoms with van der Waals surface area (Å²) < 4.78 is 0. The van der Waals surface area contributed by atoms with E-state index in [-0.39, 0.29) is 5.56 Å². The van der Waals surface area contributed by atoms with Gasteiger partial charge in [0.1, 0.15) is 11.3 Å². The number of hydrogen-bond acceptors (Lipinski definition) is 5. The predicted molar refractivity (Wildman–Crippen MR) is 44.8 cm³/mol. The van der Waals surface area contributed by atoms with Crippen molar-refractivity contribution in [3.63, 3.8) is 0 Å². The molecule has 1 rings (SSSR count). The first-order chi connectivity index (χ1) is 6.37. The van der Waals surface area contributed by atoms with E-state index in [1.165, 1.54) is 6.92 Å². The van der Waals surface area contributed by atoms with Gasteiger partial charge in [0.15, 0.2) is 11.5 Å². The van der Waals surface area contributed by atoms with Crippen molar-refractivity contribution in [2.45, 2.75) is 6.92 Å². The topological polar surface area (TPSA) is 118 Å². The molecule has 1 aromatic rings. The summed E-state index contributed by atoms with van der Waals surface area (Å²) in [5.41, 5.74) is -1.05. The Labute approximate surface area is 78.3 Å². The Kier molecular flexibility index (Phi) is 2.13. The van der Waals surface area contributed by atoms with Gasteiger partial charge in [0.25, 0.3) is 0 Å². The Morgan fingerprint density at radius 3 is 1.86 bits per heavy atom. The third-order valence-corrected chi connectivity index (χ3v) is 1.85. The van der Waals surface area contributed by atoms with Crippen LogP contribution in [0.5, 0.6) is 23.0 Å². The molecule has 0 bridgehead atoms. The third kappa shape index (κ3) is 1.17. The lowest BCUT2D eigenvalue weighted by Gasteiger charge is -2.09. The molecule has 0 heterocycles. The van der Waals surface area contributed by atoms with Gasteiger partial charge in [0, 0.05) is 5.56 Å². The molecular weight excluding hydrogens is 192 g/mol. The van der Waals surface area contributed by atoms with Crippen molar-refractivity contribution in [2.24, 2.45) is 0 Å². The van der Waals surface area contributed by atoms with E-state index in [4.69, 9.17) is 20.4 Å². The largest absolute Gasteiger partial charge is 0.506 e. The Balaban J connectivity index is 3.68. The van der Waals surface area contributed by atoms with Gasteiger partial charge in [0.2, 0.25) is 5.75 Å². The van der Waals surface area contributed by atoms with Gasteiger partial charge in [0.05, 0.1) is 0 Å². The molecule has 0 saturated heterocycles. The van der Waals surface area contributed by atoms with Crippen molar-refractivity contribution < 1.29 is 30.3 Å². The summed E-state index contributed by atoms with van der Waals surface area (Å²) in [4.78, 5) is 10.5. The summed E-state index contributed by atoms with van der Waals surface area (Å²) in [6.45, 7) is 1.20. The number of aromatic carboxylic acids is 1. The van der Waals surface area contributed by atoms with Crippen molar-refractivity contribution in [3.8, 4) is 23.0 Å². The van der Waals surface area contributed by atoms with E-state index in [9.17, 15) is 9.90 Å². The quantitative estimate of drug-likeness (QED) is 0.333. The standard InChI is InChI=1S/C8H8O6/c1-2-4(9)3(8(13)14)6(11)7(12)5(2)10/h9-12H,1H3,(H,13,14). The molecule has 0 aliphatic heterocycles. The van der Waals surface area contributed by atoms with Crippen LogP contribution in [0.15, 0.2) is 0 Å². The summed E-state index contributed by atoms with van der Waals surface area (Å²) in [5.74, 6) is -5.13. The predicted octanol–water partition coefficient (Wildman–Crippen LogP) is 0.516. The van der Waals surface area contributed by atoms with Crippen LogP contribution in [-0.2, 0) is 0 Å². The summed E-state index contributed by atoms with van der Waals surface area (Å²) >= 11 is 0. The number of carbonyl (C=O) groups is 1. The Morgan fingerprint density at radius 2 is 1.43 bits per heavy atom. The number of phenolic OH excluding ortho intramolecular Hbond substituents is 2. The molecule has 6 nitrogen and oxygen atoms in total. The number of benzene rings is 1. The van der Waals surface area contributed by atoms with Crippen LogP contribution in [-0.4, -0.2) is 31.5 Å². The van der Waals surface area contributed by atoms with Crippen LogP contribution in [0.25, 0.3) is 0 Å². The highest BCUT2D eigenvalue weighted by atomic mass is 16.4. The molecule has 14 heavy (non-hydrogen) atoms. The molecule has 0 saturated carbocycles. The molecule has 0 fully saturated rings. The molecule has 6 heteroatoms. The molecule has 1 aromatic carbocycles. The highest BCUT2D eigenvalue weighted by Gasteiger charge is 2.25. The first-order valence-corrected chi connectivity index (χ1v) is 3.57. The van der Waals surface area contributed by atoms with E-state index in [1.807, 2.05) is 0 Å². The van der Waals surface area contributed by atoms with Crippen LogP contribution < -0.4 is 0 Å². The Morgan fingerprint density at radius 1 is 0.929 bits per heavy atom. The van der Waals surface area contributed by atoms with Crippen molar-refractivity contribution in [1.29, 1.82) is 0 Å². The van der Waals surface area contributed by atoms with Crippen LogP contribution in [0.4, 0.5) is 0 Å². The second-order valence-electron chi connectivity index (χ2n) is 2.70. The lowest BCUT2D eigenvalue weighted by Crippen LogP contribution is -1.99. The minimum atomic E-state index is -1.60. The molecule has 0 aromatic heterocycles. The molecule has 0 spiro atoms. The van der Waals surface area contributed by atoms with Crippen LogP contribution in [0.1, 0.15) is 15.9 Å². The molecule has 0 atom stereocenters.